The van der Waals surface area contributed by atoms with Gasteiger partial charge in [-0.1, -0.05) is 0 Å². The highest BCUT2D eigenvalue weighted by Gasteiger charge is 2.28. The topological polar surface area (TPSA) is 62.9 Å². The molecule has 2 rings (SSSR count). The Labute approximate surface area is 88.3 Å². The molecule has 0 unspecified atom stereocenters. The van der Waals surface area contributed by atoms with Gasteiger partial charge < -0.3 is 9.52 Å². The number of aliphatic hydroxyl groups excluding tert-OH is 1. The number of furan rings is 1. The molecule has 6 heteroatoms. The molecule has 0 saturated carbocycles. The molecule has 14 heavy (non-hydrogen) atoms. The summed E-state index contributed by atoms with van der Waals surface area (Å²) in [6.07, 6.45) is 0.800. The first kappa shape index (κ1) is 9.70. The molecule has 2 heterocycles. The van der Waals surface area contributed by atoms with Crippen molar-refractivity contribution in [2.75, 3.05) is 13.2 Å². The van der Waals surface area contributed by atoms with Gasteiger partial charge in [-0.25, -0.2) is 5.06 Å². The lowest BCUT2D eigenvalue weighted by atomic mass is 10.3. The summed E-state index contributed by atoms with van der Waals surface area (Å²) in [6, 6.07) is 1.54. The molecule has 0 radical (unpaired) electrons. The maximum atomic E-state index is 11.7. The molecule has 0 aliphatic carbocycles. The highest BCUT2D eigenvalue weighted by Crippen LogP contribution is 2.21. The zero-order chi connectivity index (χ0) is 10.1. The van der Waals surface area contributed by atoms with Gasteiger partial charge in [0.05, 0.1) is 18.4 Å². The number of aliphatic hydroxyl groups is 1. The summed E-state index contributed by atoms with van der Waals surface area (Å²) in [7, 11) is 0. The lowest BCUT2D eigenvalue weighted by Gasteiger charge is -2.12. The molecule has 1 atom stereocenters. The molecule has 0 aromatic carbocycles. The minimum absolute atomic E-state index is 0.154. The highest BCUT2D eigenvalue weighted by atomic mass is 79.9. The maximum absolute atomic E-state index is 11.7. The summed E-state index contributed by atoms with van der Waals surface area (Å²) in [5.74, 6) is -0.317. The smallest absolute Gasteiger partial charge is 0.281 e. The van der Waals surface area contributed by atoms with E-state index in [1.54, 1.807) is 6.07 Å². The van der Waals surface area contributed by atoms with Crippen molar-refractivity contribution in [3.63, 3.8) is 0 Å². The van der Waals surface area contributed by atoms with Gasteiger partial charge in [0.25, 0.3) is 5.91 Å². The van der Waals surface area contributed by atoms with Crippen LogP contribution in [-0.4, -0.2) is 35.3 Å². The molecule has 5 nitrogen and oxygen atoms in total. The summed E-state index contributed by atoms with van der Waals surface area (Å²) < 4.78 is 5.29. The number of hydrogen-bond acceptors (Lipinski definition) is 4. The molecule has 1 saturated heterocycles. The average molecular weight is 262 g/mol. The van der Waals surface area contributed by atoms with Gasteiger partial charge in [0.1, 0.15) is 12.7 Å². The van der Waals surface area contributed by atoms with Crippen LogP contribution in [0.2, 0.25) is 0 Å². The van der Waals surface area contributed by atoms with Crippen LogP contribution in [-0.2, 0) is 4.84 Å². The number of rotatable bonds is 1. The number of carbonyl (C=O) groups excluding carboxylic acids is 1. The van der Waals surface area contributed by atoms with Crippen LogP contribution in [0.3, 0.4) is 0 Å². The van der Waals surface area contributed by atoms with Crippen LogP contribution in [0.25, 0.3) is 0 Å². The average Bonchev–Trinajstić information content (AvgIpc) is 2.73. The van der Waals surface area contributed by atoms with E-state index in [1.807, 2.05) is 0 Å². The molecule has 1 aliphatic rings. The van der Waals surface area contributed by atoms with Crippen molar-refractivity contribution in [2.45, 2.75) is 6.10 Å². The summed E-state index contributed by atoms with van der Waals surface area (Å²) in [4.78, 5) is 16.7. The number of amides is 1. The van der Waals surface area contributed by atoms with Crippen molar-refractivity contribution in [1.82, 2.24) is 5.06 Å². The van der Waals surface area contributed by atoms with Crippen molar-refractivity contribution >= 4 is 21.8 Å². The van der Waals surface area contributed by atoms with Crippen molar-refractivity contribution in [1.29, 1.82) is 0 Å². The first-order valence-electron chi connectivity index (χ1n) is 4.04. The zero-order valence-corrected chi connectivity index (χ0v) is 8.73. The Kier molecular flexibility index (Phi) is 2.58. The predicted octanol–water partition coefficient (Wildman–Crippen LogP) is 0.790. The van der Waals surface area contributed by atoms with E-state index in [1.165, 1.54) is 6.26 Å². The molecule has 1 aromatic rings. The summed E-state index contributed by atoms with van der Waals surface area (Å²) >= 11 is 3.10. The van der Waals surface area contributed by atoms with E-state index in [0.29, 0.717) is 10.2 Å². The minimum atomic E-state index is -0.607. The maximum Gasteiger partial charge on any atom is 0.281 e. The second-order valence-electron chi connectivity index (χ2n) is 2.92. The summed E-state index contributed by atoms with van der Waals surface area (Å²) in [6.45, 7) is 0.345. The molecule has 1 aliphatic heterocycles. The Hall–Kier alpha value is -0.850. The van der Waals surface area contributed by atoms with E-state index in [4.69, 9.17) is 14.4 Å². The fourth-order valence-electron chi connectivity index (χ4n) is 1.19. The zero-order valence-electron chi connectivity index (χ0n) is 7.14. The first-order chi connectivity index (χ1) is 6.68. The van der Waals surface area contributed by atoms with Crippen LogP contribution in [0.5, 0.6) is 0 Å². The second-order valence-corrected chi connectivity index (χ2v) is 3.64. The second kappa shape index (κ2) is 3.72. The Morgan fingerprint density at radius 3 is 3.00 bits per heavy atom. The van der Waals surface area contributed by atoms with Crippen LogP contribution in [0, 0.1) is 0 Å². The Balaban J connectivity index is 2.13. The molecule has 0 spiro atoms. The van der Waals surface area contributed by atoms with Gasteiger partial charge >= 0.3 is 0 Å². The van der Waals surface area contributed by atoms with E-state index in [2.05, 4.69) is 15.9 Å². The van der Waals surface area contributed by atoms with Crippen LogP contribution in [0.1, 0.15) is 10.4 Å². The van der Waals surface area contributed by atoms with Crippen molar-refractivity contribution < 1.29 is 19.2 Å². The number of halogens is 1. The van der Waals surface area contributed by atoms with Crippen LogP contribution in [0.15, 0.2) is 21.4 Å². The van der Waals surface area contributed by atoms with E-state index < -0.39 is 6.10 Å². The molecular weight excluding hydrogens is 254 g/mol. The van der Waals surface area contributed by atoms with Gasteiger partial charge in [-0.15, -0.1) is 0 Å². The van der Waals surface area contributed by atoms with Gasteiger partial charge in [0, 0.05) is 0 Å². The molecule has 1 aromatic heterocycles. The lowest BCUT2D eigenvalue weighted by Crippen LogP contribution is -2.28. The molecule has 1 N–H and O–H groups in total. The number of hydrogen-bond donors (Lipinski definition) is 1. The minimum Gasteiger partial charge on any atom is -0.457 e. The quantitative estimate of drug-likeness (QED) is 0.812. The third-order valence-electron chi connectivity index (χ3n) is 1.87. The molecular formula is C8H8BrNO4. The van der Waals surface area contributed by atoms with Gasteiger partial charge in [-0.05, 0) is 22.0 Å². The number of nitrogens with zero attached hydrogens (tertiary/aromatic N) is 1. The Bertz CT molecular complexity index is 351. The van der Waals surface area contributed by atoms with Crippen molar-refractivity contribution in [3.8, 4) is 0 Å². The molecule has 0 bridgehead atoms. The van der Waals surface area contributed by atoms with Crippen molar-refractivity contribution in [2.24, 2.45) is 0 Å². The van der Waals surface area contributed by atoms with Gasteiger partial charge in [-0.3, -0.25) is 9.63 Å². The summed E-state index contributed by atoms with van der Waals surface area (Å²) in [5.41, 5.74) is 0.388. The van der Waals surface area contributed by atoms with E-state index in [-0.39, 0.29) is 19.1 Å². The molecule has 1 amide bonds. The predicted molar refractivity (Wildman–Crippen MR) is 49.4 cm³/mol. The van der Waals surface area contributed by atoms with Gasteiger partial charge in [-0.2, -0.15) is 0 Å². The third-order valence-corrected chi connectivity index (χ3v) is 2.49. The normalized spacial score (nSPS) is 21.6. The first-order valence-corrected chi connectivity index (χ1v) is 4.83. The standard InChI is InChI=1S/C8H8BrNO4/c9-7-6(1-2-13-7)8(12)10-3-5(11)4-14-10/h1-2,5,11H,3-4H2/t5-/m0/s1. The van der Waals surface area contributed by atoms with Crippen LogP contribution in [0.4, 0.5) is 0 Å². The fourth-order valence-corrected chi connectivity index (χ4v) is 1.60. The van der Waals surface area contributed by atoms with Gasteiger partial charge in [0.2, 0.25) is 0 Å². The largest absolute Gasteiger partial charge is 0.457 e. The van der Waals surface area contributed by atoms with E-state index in [0.717, 1.165) is 5.06 Å². The lowest BCUT2D eigenvalue weighted by molar-refractivity contribution is -0.0780. The SMILES string of the molecule is O=C(c1ccoc1Br)N1C[C@H](O)CO1. The van der Waals surface area contributed by atoms with Crippen LogP contribution < -0.4 is 0 Å². The molecule has 1 fully saturated rings. The molecule has 76 valence electrons. The number of carbonyl (C=O) groups is 1. The van der Waals surface area contributed by atoms with Gasteiger partial charge in [0.15, 0.2) is 4.67 Å². The Morgan fingerprint density at radius 1 is 1.71 bits per heavy atom. The number of hydroxylamine groups is 2. The Morgan fingerprint density at radius 2 is 2.50 bits per heavy atom. The highest BCUT2D eigenvalue weighted by molar-refractivity contribution is 9.10. The monoisotopic (exact) mass is 261 g/mol. The number of β-amino-alcohol motifs (C(OH)–C–C–N with tert-alkyl or cyclic N) is 1. The summed E-state index contributed by atoms with van der Waals surface area (Å²) in [5, 5.41) is 10.3. The van der Waals surface area contributed by atoms with Crippen molar-refractivity contribution in [3.05, 3.63) is 22.6 Å². The van der Waals surface area contributed by atoms with Crippen LogP contribution >= 0.6 is 15.9 Å². The van der Waals surface area contributed by atoms with E-state index >= 15 is 0 Å². The fraction of sp³-hybridized carbons (Fsp3) is 0.375. The third kappa shape index (κ3) is 1.68. The van der Waals surface area contributed by atoms with E-state index in [9.17, 15) is 4.79 Å².